The molecule has 0 aliphatic carbocycles. The molecule has 1 aliphatic rings. The molecule has 1 heterocycles. The molecule has 16 heavy (non-hydrogen) atoms. The standard InChI is InChI=1S/C10H20N4OS/c1-2-3-12-10(15)14-6-4-13(5-7-14)8-9(11)16/h2-8H2,1H3,(H2,11,16)(H,12,15). The van der Waals surface area contributed by atoms with Gasteiger partial charge in [-0.05, 0) is 6.42 Å². The molecule has 1 aliphatic heterocycles. The van der Waals surface area contributed by atoms with Crippen LogP contribution >= 0.6 is 12.2 Å². The predicted octanol–water partition coefficient (Wildman–Crippen LogP) is 0.00970. The number of nitrogens with two attached hydrogens (primary N) is 1. The van der Waals surface area contributed by atoms with Crippen molar-refractivity contribution in [1.29, 1.82) is 0 Å². The van der Waals surface area contributed by atoms with Crippen molar-refractivity contribution in [1.82, 2.24) is 15.1 Å². The Labute approximate surface area is 102 Å². The smallest absolute Gasteiger partial charge is 0.317 e. The number of carbonyl (C=O) groups is 1. The van der Waals surface area contributed by atoms with Crippen molar-refractivity contribution in [2.75, 3.05) is 39.3 Å². The molecule has 2 amide bonds. The van der Waals surface area contributed by atoms with Gasteiger partial charge < -0.3 is 16.0 Å². The van der Waals surface area contributed by atoms with Crippen LogP contribution in [0.5, 0.6) is 0 Å². The Bertz CT molecular complexity index is 251. The summed E-state index contributed by atoms with van der Waals surface area (Å²) in [5.41, 5.74) is 5.48. The summed E-state index contributed by atoms with van der Waals surface area (Å²) in [6.45, 7) is 6.62. The van der Waals surface area contributed by atoms with E-state index in [-0.39, 0.29) is 6.03 Å². The van der Waals surface area contributed by atoms with Gasteiger partial charge in [0.25, 0.3) is 0 Å². The lowest BCUT2D eigenvalue weighted by atomic mass is 10.3. The number of piperazine rings is 1. The van der Waals surface area contributed by atoms with Crippen molar-refractivity contribution < 1.29 is 4.79 Å². The molecule has 0 bridgehead atoms. The van der Waals surface area contributed by atoms with Gasteiger partial charge >= 0.3 is 6.03 Å². The molecule has 0 aromatic carbocycles. The topological polar surface area (TPSA) is 61.6 Å². The Morgan fingerprint density at radius 1 is 1.38 bits per heavy atom. The van der Waals surface area contributed by atoms with Gasteiger partial charge in [0.1, 0.15) is 0 Å². The quantitative estimate of drug-likeness (QED) is 0.684. The highest BCUT2D eigenvalue weighted by atomic mass is 32.1. The van der Waals surface area contributed by atoms with Crippen LogP contribution in [0.3, 0.4) is 0 Å². The van der Waals surface area contributed by atoms with Gasteiger partial charge in [0.05, 0.1) is 4.99 Å². The Kier molecular flexibility index (Phi) is 5.48. The average Bonchev–Trinajstić information content (AvgIpc) is 2.26. The van der Waals surface area contributed by atoms with Crippen LogP contribution in [-0.4, -0.2) is 60.1 Å². The molecule has 5 nitrogen and oxygen atoms in total. The Morgan fingerprint density at radius 3 is 2.50 bits per heavy atom. The SMILES string of the molecule is CCCNC(=O)N1CCN(CC(N)=S)CC1. The molecule has 0 aromatic rings. The molecule has 0 unspecified atom stereocenters. The molecule has 92 valence electrons. The highest BCUT2D eigenvalue weighted by molar-refractivity contribution is 7.80. The number of thiocarbonyl (C=S) groups is 1. The van der Waals surface area contributed by atoms with Gasteiger partial charge in [0.2, 0.25) is 0 Å². The first-order valence-corrected chi connectivity index (χ1v) is 6.07. The van der Waals surface area contributed by atoms with Crippen LogP contribution in [0.2, 0.25) is 0 Å². The van der Waals surface area contributed by atoms with Crippen LogP contribution in [0, 0.1) is 0 Å². The lowest BCUT2D eigenvalue weighted by Crippen LogP contribution is -2.53. The first kappa shape index (κ1) is 13.2. The molecule has 0 radical (unpaired) electrons. The maximum absolute atomic E-state index is 11.6. The van der Waals surface area contributed by atoms with E-state index in [2.05, 4.69) is 10.2 Å². The van der Waals surface area contributed by atoms with Crippen molar-refractivity contribution in [2.24, 2.45) is 5.73 Å². The molecule has 0 aromatic heterocycles. The van der Waals surface area contributed by atoms with Gasteiger partial charge in [-0.15, -0.1) is 0 Å². The summed E-state index contributed by atoms with van der Waals surface area (Å²) in [7, 11) is 0. The zero-order valence-corrected chi connectivity index (χ0v) is 10.6. The van der Waals surface area contributed by atoms with Crippen LogP contribution in [0.4, 0.5) is 4.79 Å². The molecule has 1 saturated heterocycles. The summed E-state index contributed by atoms with van der Waals surface area (Å²) in [4.78, 5) is 16.2. The molecule has 0 spiro atoms. The molecule has 6 heteroatoms. The summed E-state index contributed by atoms with van der Waals surface area (Å²) in [6, 6.07) is 0.0387. The monoisotopic (exact) mass is 244 g/mol. The number of nitrogens with one attached hydrogen (secondary N) is 1. The number of urea groups is 1. The zero-order chi connectivity index (χ0) is 12.0. The average molecular weight is 244 g/mol. The van der Waals surface area contributed by atoms with E-state index >= 15 is 0 Å². The van der Waals surface area contributed by atoms with Gasteiger partial charge in [-0.2, -0.15) is 0 Å². The van der Waals surface area contributed by atoms with Crippen molar-refractivity contribution in [3.63, 3.8) is 0 Å². The second kappa shape index (κ2) is 6.65. The maximum Gasteiger partial charge on any atom is 0.317 e. The molecule has 0 atom stereocenters. The van der Waals surface area contributed by atoms with Crippen molar-refractivity contribution in [3.8, 4) is 0 Å². The number of carbonyl (C=O) groups excluding carboxylic acids is 1. The van der Waals surface area contributed by atoms with E-state index in [0.29, 0.717) is 11.5 Å². The van der Waals surface area contributed by atoms with E-state index in [0.717, 1.165) is 39.1 Å². The lowest BCUT2D eigenvalue weighted by Gasteiger charge is -2.34. The van der Waals surface area contributed by atoms with Crippen LogP contribution in [0.15, 0.2) is 0 Å². The fourth-order valence-electron chi connectivity index (χ4n) is 1.67. The number of hydrogen-bond donors (Lipinski definition) is 2. The van der Waals surface area contributed by atoms with Crippen LogP contribution in [0.25, 0.3) is 0 Å². The van der Waals surface area contributed by atoms with Crippen LogP contribution < -0.4 is 11.1 Å². The van der Waals surface area contributed by atoms with Gasteiger partial charge in [0, 0.05) is 39.3 Å². The normalized spacial score (nSPS) is 17.2. The van der Waals surface area contributed by atoms with E-state index in [1.165, 1.54) is 0 Å². The Balaban J connectivity index is 2.25. The molecular weight excluding hydrogens is 224 g/mol. The molecular formula is C10H20N4OS. The zero-order valence-electron chi connectivity index (χ0n) is 9.74. The number of amides is 2. The molecule has 1 fully saturated rings. The van der Waals surface area contributed by atoms with E-state index in [1.54, 1.807) is 0 Å². The highest BCUT2D eigenvalue weighted by Gasteiger charge is 2.20. The number of nitrogens with zero attached hydrogens (tertiary/aromatic N) is 2. The van der Waals surface area contributed by atoms with Crippen molar-refractivity contribution in [2.45, 2.75) is 13.3 Å². The third kappa shape index (κ3) is 4.32. The van der Waals surface area contributed by atoms with E-state index < -0.39 is 0 Å². The van der Waals surface area contributed by atoms with E-state index in [1.807, 2.05) is 11.8 Å². The Morgan fingerprint density at radius 2 is 2.00 bits per heavy atom. The summed E-state index contributed by atoms with van der Waals surface area (Å²) < 4.78 is 0. The summed E-state index contributed by atoms with van der Waals surface area (Å²) in [5.74, 6) is 0. The minimum atomic E-state index is 0.0387. The largest absolute Gasteiger partial charge is 0.392 e. The predicted molar refractivity (Wildman–Crippen MR) is 68.5 cm³/mol. The summed E-state index contributed by atoms with van der Waals surface area (Å²) >= 11 is 4.86. The summed E-state index contributed by atoms with van der Waals surface area (Å²) in [5, 5.41) is 2.88. The lowest BCUT2D eigenvalue weighted by molar-refractivity contribution is 0.149. The minimum absolute atomic E-state index is 0.0387. The fraction of sp³-hybridized carbons (Fsp3) is 0.800. The van der Waals surface area contributed by atoms with E-state index in [9.17, 15) is 4.79 Å². The third-order valence-electron chi connectivity index (χ3n) is 2.57. The van der Waals surface area contributed by atoms with Gasteiger partial charge in [-0.25, -0.2) is 4.79 Å². The van der Waals surface area contributed by atoms with Crippen LogP contribution in [-0.2, 0) is 0 Å². The highest BCUT2D eigenvalue weighted by Crippen LogP contribution is 2.01. The number of rotatable bonds is 4. The van der Waals surface area contributed by atoms with E-state index in [4.69, 9.17) is 18.0 Å². The minimum Gasteiger partial charge on any atom is -0.392 e. The number of hydrogen-bond acceptors (Lipinski definition) is 3. The van der Waals surface area contributed by atoms with Crippen LogP contribution in [0.1, 0.15) is 13.3 Å². The molecule has 3 N–H and O–H groups in total. The Hall–Kier alpha value is -0.880. The second-order valence-electron chi connectivity index (χ2n) is 3.96. The third-order valence-corrected chi connectivity index (χ3v) is 2.69. The van der Waals surface area contributed by atoms with Gasteiger partial charge in [-0.1, -0.05) is 19.1 Å². The first-order chi connectivity index (χ1) is 7.63. The first-order valence-electron chi connectivity index (χ1n) is 5.67. The van der Waals surface area contributed by atoms with Gasteiger partial charge in [0.15, 0.2) is 0 Å². The molecule has 1 rings (SSSR count). The molecule has 0 saturated carbocycles. The van der Waals surface area contributed by atoms with Crippen molar-refractivity contribution >= 4 is 23.2 Å². The summed E-state index contributed by atoms with van der Waals surface area (Å²) in [6.07, 6.45) is 0.965. The second-order valence-corrected chi connectivity index (χ2v) is 4.49. The van der Waals surface area contributed by atoms with Crippen molar-refractivity contribution in [3.05, 3.63) is 0 Å². The fourth-order valence-corrected chi connectivity index (χ4v) is 1.86. The van der Waals surface area contributed by atoms with Gasteiger partial charge in [-0.3, -0.25) is 4.90 Å². The maximum atomic E-state index is 11.6.